The van der Waals surface area contributed by atoms with Gasteiger partial charge in [0, 0.05) is 19.0 Å². The fourth-order valence-electron chi connectivity index (χ4n) is 4.37. The minimum atomic E-state index is -0.888. The standard InChI is InChI=1S/C22H34N2O4/c1-16(2)14-22(3,21(26)27)24(19-6-4-5-7-19)15-18-10-8-17(9-11-18)12-13-20(25)23-28/h8-11,16,19,28H,4-7,12-15H2,1-3H3,(H,23,25)(H,26,27). The molecule has 1 fully saturated rings. The smallest absolute Gasteiger partial charge is 0.323 e. The molecule has 0 spiro atoms. The average Bonchev–Trinajstić information content (AvgIpc) is 3.18. The second kappa shape index (κ2) is 10.0. The molecule has 1 atom stereocenters. The van der Waals surface area contributed by atoms with E-state index in [1.807, 2.05) is 31.2 Å². The topological polar surface area (TPSA) is 89.9 Å². The second-order valence-electron chi connectivity index (χ2n) is 8.59. The molecule has 156 valence electrons. The zero-order valence-corrected chi connectivity index (χ0v) is 17.3. The van der Waals surface area contributed by atoms with Crippen molar-refractivity contribution in [3.05, 3.63) is 35.4 Å². The van der Waals surface area contributed by atoms with Crippen LogP contribution in [0.25, 0.3) is 0 Å². The number of carboxylic acid groups (broad SMARTS) is 1. The summed E-state index contributed by atoms with van der Waals surface area (Å²) >= 11 is 0. The predicted octanol–water partition coefficient (Wildman–Crippen LogP) is 3.76. The number of amides is 1. The van der Waals surface area contributed by atoms with Crippen molar-refractivity contribution in [2.75, 3.05) is 0 Å². The Morgan fingerprint density at radius 1 is 1.18 bits per heavy atom. The molecule has 0 saturated heterocycles. The van der Waals surface area contributed by atoms with Crippen LogP contribution in [0.5, 0.6) is 0 Å². The fraction of sp³-hybridized carbons (Fsp3) is 0.636. The lowest BCUT2D eigenvalue weighted by Crippen LogP contribution is -2.56. The molecule has 1 aromatic rings. The van der Waals surface area contributed by atoms with Crippen LogP contribution >= 0.6 is 0 Å². The first kappa shape index (κ1) is 22.4. The maximum absolute atomic E-state index is 12.3. The molecule has 6 nitrogen and oxygen atoms in total. The van der Waals surface area contributed by atoms with Crippen molar-refractivity contribution in [3.8, 4) is 0 Å². The van der Waals surface area contributed by atoms with Gasteiger partial charge in [-0.05, 0) is 49.7 Å². The summed E-state index contributed by atoms with van der Waals surface area (Å²) in [5.74, 6) is -0.854. The van der Waals surface area contributed by atoms with Crippen molar-refractivity contribution in [1.82, 2.24) is 10.4 Å². The lowest BCUT2D eigenvalue weighted by molar-refractivity contribution is -0.154. The highest BCUT2D eigenvalue weighted by Gasteiger charge is 2.43. The van der Waals surface area contributed by atoms with E-state index in [0.29, 0.717) is 31.3 Å². The van der Waals surface area contributed by atoms with Gasteiger partial charge in [-0.2, -0.15) is 0 Å². The van der Waals surface area contributed by atoms with Gasteiger partial charge in [0.2, 0.25) is 5.91 Å². The lowest BCUT2D eigenvalue weighted by Gasteiger charge is -2.43. The van der Waals surface area contributed by atoms with Gasteiger partial charge in [-0.25, -0.2) is 5.48 Å². The number of carbonyl (C=O) groups is 2. The van der Waals surface area contributed by atoms with Crippen molar-refractivity contribution in [2.45, 2.75) is 83.8 Å². The highest BCUT2D eigenvalue weighted by molar-refractivity contribution is 5.78. The van der Waals surface area contributed by atoms with E-state index in [4.69, 9.17) is 5.21 Å². The molecule has 1 unspecified atom stereocenters. The minimum Gasteiger partial charge on any atom is -0.480 e. The average molecular weight is 391 g/mol. The van der Waals surface area contributed by atoms with Crippen LogP contribution in [0.15, 0.2) is 24.3 Å². The molecule has 0 aromatic heterocycles. The summed E-state index contributed by atoms with van der Waals surface area (Å²) in [4.78, 5) is 25.7. The van der Waals surface area contributed by atoms with Gasteiger partial charge in [-0.1, -0.05) is 51.0 Å². The highest BCUT2D eigenvalue weighted by Crippen LogP contribution is 2.34. The number of hydrogen-bond donors (Lipinski definition) is 3. The number of rotatable bonds is 10. The van der Waals surface area contributed by atoms with Crippen molar-refractivity contribution >= 4 is 11.9 Å². The maximum atomic E-state index is 12.3. The van der Waals surface area contributed by atoms with Crippen LogP contribution in [-0.2, 0) is 22.6 Å². The normalized spacial score (nSPS) is 17.1. The number of benzene rings is 1. The number of hydroxylamine groups is 1. The number of nitrogens with zero attached hydrogens (tertiary/aromatic N) is 1. The SMILES string of the molecule is CC(C)CC(C)(C(=O)O)N(Cc1ccc(CCC(=O)NO)cc1)C1CCCC1. The summed E-state index contributed by atoms with van der Waals surface area (Å²) in [7, 11) is 0. The van der Waals surface area contributed by atoms with E-state index in [2.05, 4.69) is 18.7 Å². The molecule has 0 bridgehead atoms. The van der Waals surface area contributed by atoms with Crippen molar-refractivity contribution in [1.29, 1.82) is 0 Å². The van der Waals surface area contributed by atoms with Gasteiger partial charge < -0.3 is 5.11 Å². The first-order valence-electron chi connectivity index (χ1n) is 10.3. The lowest BCUT2D eigenvalue weighted by atomic mass is 9.86. The molecule has 0 heterocycles. The second-order valence-corrected chi connectivity index (χ2v) is 8.59. The highest BCUT2D eigenvalue weighted by atomic mass is 16.5. The van der Waals surface area contributed by atoms with Crippen LogP contribution in [0.2, 0.25) is 0 Å². The molecule has 0 radical (unpaired) electrons. The Morgan fingerprint density at radius 3 is 2.25 bits per heavy atom. The third-order valence-corrected chi connectivity index (χ3v) is 5.81. The van der Waals surface area contributed by atoms with Crippen molar-refractivity contribution < 1.29 is 19.9 Å². The first-order valence-corrected chi connectivity index (χ1v) is 10.3. The molecule has 1 aromatic carbocycles. The molecule has 2 rings (SSSR count). The summed E-state index contributed by atoms with van der Waals surface area (Å²) in [5, 5.41) is 18.7. The van der Waals surface area contributed by atoms with E-state index in [1.54, 1.807) is 5.48 Å². The first-order chi connectivity index (χ1) is 13.3. The van der Waals surface area contributed by atoms with Crippen LogP contribution in [0.1, 0.15) is 70.4 Å². The Hall–Kier alpha value is -1.92. The van der Waals surface area contributed by atoms with E-state index in [9.17, 15) is 14.7 Å². The molecule has 1 aliphatic carbocycles. The molecular weight excluding hydrogens is 356 g/mol. The van der Waals surface area contributed by atoms with Gasteiger partial charge in [0.15, 0.2) is 0 Å². The molecular formula is C22H34N2O4. The quantitative estimate of drug-likeness (QED) is 0.418. The van der Waals surface area contributed by atoms with Gasteiger partial charge in [0.1, 0.15) is 5.54 Å². The Morgan fingerprint density at radius 2 is 1.75 bits per heavy atom. The Labute approximate surface area is 167 Å². The summed E-state index contributed by atoms with van der Waals surface area (Å²) in [6.07, 6.45) is 5.82. The van der Waals surface area contributed by atoms with E-state index in [-0.39, 0.29) is 6.42 Å². The van der Waals surface area contributed by atoms with Gasteiger partial charge in [0.05, 0.1) is 0 Å². The molecule has 28 heavy (non-hydrogen) atoms. The van der Waals surface area contributed by atoms with Gasteiger partial charge in [-0.3, -0.25) is 19.7 Å². The Bertz CT molecular complexity index is 653. The summed E-state index contributed by atoms with van der Waals surface area (Å²) in [6, 6.07) is 8.30. The number of nitrogens with one attached hydrogen (secondary N) is 1. The molecule has 3 N–H and O–H groups in total. The van der Waals surface area contributed by atoms with Crippen LogP contribution in [0.3, 0.4) is 0 Å². The van der Waals surface area contributed by atoms with Gasteiger partial charge in [0.25, 0.3) is 0 Å². The summed E-state index contributed by atoms with van der Waals surface area (Å²) in [5.41, 5.74) is 2.86. The third-order valence-electron chi connectivity index (χ3n) is 5.81. The number of aryl methyl sites for hydroxylation is 1. The van der Waals surface area contributed by atoms with Crippen molar-refractivity contribution in [3.63, 3.8) is 0 Å². The van der Waals surface area contributed by atoms with E-state index >= 15 is 0 Å². The number of carbonyl (C=O) groups excluding carboxylic acids is 1. The zero-order valence-electron chi connectivity index (χ0n) is 17.3. The van der Waals surface area contributed by atoms with Crippen LogP contribution in [-0.4, -0.2) is 38.7 Å². The van der Waals surface area contributed by atoms with Crippen LogP contribution < -0.4 is 5.48 Å². The van der Waals surface area contributed by atoms with E-state index < -0.39 is 17.4 Å². The van der Waals surface area contributed by atoms with Crippen molar-refractivity contribution in [2.24, 2.45) is 5.92 Å². The molecule has 1 saturated carbocycles. The van der Waals surface area contributed by atoms with Gasteiger partial charge >= 0.3 is 5.97 Å². The largest absolute Gasteiger partial charge is 0.480 e. The summed E-state index contributed by atoms with van der Waals surface area (Å²) < 4.78 is 0. The molecule has 0 aliphatic heterocycles. The van der Waals surface area contributed by atoms with E-state index in [0.717, 1.165) is 36.8 Å². The van der Waals surface area contributed by atoms with Crippen LogP contribution in [0, 0.1) is 5.92 Å². The molecule has 1 aliphatic rings. The zero-order chi connectivity index (χ0) is 20.7. The van der Waals surface area contributed by atoms with E-state index in [1.165, 1.54) is 0 Å². The third kappa shape index (κ3) is 5.79. The molecule has 6 heteroatoms. The van der Waals surface area contributed by atoms with Crippen LogP contribution in [0.4, 0.5) is 0 Å². The predicted molar refractivity (Wildman–Crippen MR) is 108 cm³/mol. The summed E-state index contributed by atoms with van der Waals surface area (Å²) in [6.45, 7) is 6.63. The Kier molecular flexibility index (Phi) is 8.01. The minimum absolute atomic E-state index is 0.232. The Balaban J connectivity index is 2.18. The number of carboxylic acids is 1. The number of hydrogen-bond acceptors (Lipinski definition) is 4. The fourth-order valence-corrected chi connectivity index (χ4v) is 4.37. The van der Waals surface area contributed by atoms with Gasteiger partial charge in [-0.15, -0.1) is 0 Å². The monoisotopic (exact) mass is 390 g/mol. The molecule has 1 amide bonds. The number of aliphatic carboxylic acids is 1. The maximum Gasteiger partial charge on any atom is 0.323 e.